The molecule has 1 aromatic carbocycles. The lowest BCUT2D eigenvalue weighted by molar-refractivity contribution is 0.663. The van der Waals surface area contributed by atoms with Crippen molar-refractivity contribution < 1.29 is 0 Å². The number of aryl methyl sites for hydroxylation is 2. The Labute approximate surface area is 94.8 Å². The predicted octanol–water partition coefficient (Wildman–Crippen LogP) is 4.12. The van der Waals surface area contributed by atoms with E-state index in [2.05, 4.69) is 41.9 Å². The second-order valence-electron chi connectivity index (χ2n) is 4.36. The fourth-order valence-corrected chi connectivity index (χ4v) is 3.19. The molecule has 0 amide bonds. The summed E-state index contributed by atoms with van der Waals surface area (Å²) in [5.74, 6) is 0.808. The normalized spacial score (nSPS) is 19.8. The molecule has 0 saturated carbocycles. The topological polar surface area (TPSA) is 0 Å². The summed E-state index contributed by atoms with van der Waals surface area (Å²) in [6.45, 7) is 4.46. The molecule has 1 unspecified atom stereocenters. The van der Waals surface area contributed by atoms with Crippen molar-refractivity contribution in [3.8, 4) is 0 Å². The molecular formula is C13H17Br. The fraction of sp³-hybridized carbons (Fsp3) is 0.538. The van der Waals surface area contributed by atoms with E-state index < -0.39 is 0 Å². The summed E-state index contributed by atoms with van der Waals surface area (Å²) in [6, 6.07) is 4.71. The average molecular weight is 253 g/mol. The summed E-state index contributed by atoms with van der Waals surface area (Å²) in [4.78, 5) is 0. The first-order valence-electron chi connectivity index (χ1n) is 5.38. The highest BCUT2D eigenvalue weighted by Gasteiger charge is 2.23. The molecule has 1 aliphatic carbocycles. The van der Waals surface area contributed by atoms with Crippen molar-refractivity contribution >= 4 is 15.9 Å². The van der Waals surface area contributed by atoms with Crippen molar-refractivity contribution in [2.45, 2.75) is 39.0 Å². The third-order valence-corrected chi connectivity index (χ3v) is 3.75. The van der Waals surface area contributed by atoms with E-state index in [1.165, 1.54) is 30.4 Å². The fourth-order valence-electron chi connectivity index (χ4n) is 2.64. The quantitative estimate of drug-likeness (QED) is 0.695. The van der Waals surface area contributed by atoms with Crippen LogP contribution in [-0.2, 0) is 6.42 Å². The van der Waals surface area contributed by atoms with Crippen LogP contribution in [0.15, 0.2) is 12.1 Å². The minimum Gasteiger partial charge on any atom is -0.0928 e. The van der Waals surface area contributed by atoms with Crippen molar-refractivity contribution in [3.05, 3.63) is 34.4 Å². The maximum Gasteiger partial charge on any atom is 0.00371 e. The van der Waals surface area contributed by atoms with E-state index >= 15 is 0 Å². The van der Waals surface area contributed by atoms with Crippen molar-refractivity contribution in [2.75, 3.05) is 5.33 Å². The lowest BCUT2D eigenvalue weighted by Crippen LogP contribution is -1.95. The molecule has 0 aliphatic heterocycles. The van der Waals surface area contributed by atoms with Gasteiger partial charge in [-0.1, -0.05) is 33.6 Å². The smallest absolute Gasteiger partial charge is 0.00371 e. The highest BCUT2D eigenvalue weighted by Crippen LogP contribution is 2.37. The molecular weight excluding hydrogens is 236 g/mol. The lowest BCUT2D eigenvalue weighted by atomic mass is 9.95. The zero-order chi connectivity index (χ0) is 10.1. The van der Waals surface area contributed by atoms with Crippen LogP contribution in [0, 0.1) is 13.8 Å². The maximum atomic E-state index is 3.55. The van der Waals surface area contributed by atoms with E-state index in [4.69, 9.17) is 0 Å². The van der Waals surface area contributed by atoms with Crippen molar-refractivity contribution in [3.63, 3.8) is 0 Å². The van der Waals surface area contributed by atoms with Gasteiger partial charge in [0.15, 0.2) is 0 Å². The van der Waals surface area contributed by atoms with Gasteiger partial charge in [-0.15, -0.1) is 0 Å². The molecule has 0 spiro atoms. The van der Waals surface area contributed by atoms with Gasteiger partial charge < -0.3 is 0 Å². The monoisotopic (exact) mass is 252 g/mol. The van der Waals surface area contributed by atoms with Crippen LogP contribution in [0.1, 0.15) is 41.0 Å². The summed E-state index contributed by atoms with van der Waals surface area (Å²) in [5, 5.41) is 1.13. The number of rotatable bonds is 2. The first-order chi connectivity index (χ1) is 6.72. The van der Waals surface area contributed by atoms with E-state index in [0.29, 0.717) is 0 Å². The molecule has 2 rings (SSSR count). The van der Waals surface area contributed by atoms with Crippen LogP contribution >= 0.6 is 15.9 Å². The summed E-state index contributed by atoms with van der Waals surface area (Å²) in [7, 11) is 0. The largest absolute Gasteiger partial charge is 0.0928 e. The molecule has 0 aromatic heterocycles. The summed E-state index contributed by atoms with van der Waals surface area (Å²) >= 11 is 3.55. The van der Waals surface area contributed by atoms with Crippen molar-refractivity contribution in [1.82, 2.24) is 0 Å². The Hall–Kier alpha value is -0.300. The van der Waals surface area contributed by atoms with E-state index in [0.717, 1.165) is 11.2 Å². The maximum absolute atomic E-state index is 3.55. The van der Waals surface area contributed by atoms with Gasteiger partial charge in [0.25, 0.3) is 0 Å². The predicted molar refractivity (Wildman–Crippen MR) is 65.4 cm³/mol. The van der Waals surface area contributed by atoms with Gasteiger partial charge >= 0.3 is 0 Å². The highest BCUT2D eigenvalue weighted by molar-refractivity contribution is 9.09. The summed E-state index contributed by atoms with van der Waals surface area (Å²) in [6.07, 6.45) is 3.93. The first kappa shape index (κ1) is 10.2. The number of fused-ring (bicyclic) bond motifs is 1. The number of benzene rings is 1. The van der Waals surface area contributed by atoms with Gasteiger partial charge in [0, 0.05) is 5.33 Å². The molecule has 0 nitrogen and oxygen atoms in total. The molecule has 0 heterocycles. The number of alkyl halides is 1. The molecule has 0 fully saturated rings. The van der Waals surface area contributed by atoms with Gasteiger partial charge in [-0.25, -0.2) is 0 Å². The van der Waals surface area contributed by atoms with E-state index in [-0.39, 0.29) is 0 Å². The van der Waals surface area contributed by atoms with Crippen LogP contribution in [-0.4, -0.2) is 5.33 Å². The molecule has 0 bridgehead atoms. The van der Waals surface area contributed by atoms with E-state index in [1.54, 1.807) is 11.1 Å². The molecule has 0 radical (unpaired) electrons. The van der Waals surface area contributed by atoms with Crippen LogP contribution < -0.4 is 0 Å². The van der Waals surface area contributed by atoms with E-state index in [9.17, 15) is 0 Å². The second-order valence-corrected chi connectivity index (χ2v) is 5.16. The average Bonchev–Trinajstić information content (AvgIpc) is 2.49. The molecule has 14 heavy (non-hydrogen) atoms. The Morgan fingerprint density at radius 2 is 2.14 bits per heavy atom. The minimum absolute atomic E-state index is 0.808. The Morgan fingerprint density at radius 1 is 1.36 bits per heavy atom. The number of hydrogen-bond acceptors (Lipinski definition) is 0. The Bertz CT molecular complexity index is 341. The van der Waals surface area contributed by atoms with Gasteiger partial charge in [0.2, 0.25) is 0 Å². The standard InChI is InChI=1S/C13H17Br/c1-9-7-10(2)12-4-3-11(5-6-14)13(12)8-9/h7-8,11H,3-6H2,1-2H3. The number of hydrogen-bond donors (Lipinski definition) is 0. The van der Waals surface area contributed by atoms with Crippen LogP contribution in [0.5, 0.6) is 0 Å². The highest BCUT2D eigenvalue weighted by atomic mass is 79.9. The zero-order valence-electron chi connectivity index (χ0n) is 8.94. The Morgan fingerprint density at radius 3 is 2.86 bits per heavy atom. The second kappa shape index (κ2) is 4.06. The molecule has 0 saturated heterocycles. The molecule has 1 aliphatic rings. The molecule has 1 heteroatoms. The van der Waals surface area contributed by atoms with Gasteiger partial charge in [-0.2, -0.15) is 0 Å². The number of halogens is 1. The first-order valence-corrected chi connectivity index (χ1v) is 6.50. The molecule has 76 valence electrons. The molecule has 1 atom stereocenters. The van der Waals surface area contributed by atoms with Crippen LogP contribution in [0.4, 0.5) is 0 Å². The lowest BCUT2D eigenvalue weighted by Gasteiger charge is -2.11. The zero-order valence-corrected chi connectivity index (χ0v) is 10.5. The summed E-state index contributed by atoms with van der Waals surface area (Å²) in [5.41, 5.74) is 6.17. The van der Waals surface area contributed by atoms with Crippen molar-refractivity contribution in [1.29, 1.82) is 0 Å². The van der Waals surface area contributed by atoms with Gasteiger partial charge in [0.1, 0.15) is 0 Å². The van der Waals surface area contributed by atoms with Crippen LogP contribution in [0.25, 0.3) is 0 Å². The van der Waals surface area contributed by atoms with Crippen LogP contribution in [0.2, 0.25) is 0 Å². The Balaban J connectivity index is 2.38. The van der Waals surface area contributed by atoms with E-state index in [1.807, 2.05) is 0 Å². The third-order valence-electron chi connectivity index (χ3n) is 3.29. The third kappa shape index (κ3) is 1.75. The molecule has 1 aromatic rings. The summed E-state index contributed by atoms with van der Waals surface area (Å²) < 4.78 is 0. The minimum atomic E-state index is 0.808. The molecule has 0 N–H and O–H groups in total. The van der Waals surface area contributed by atoms with Gasteiger partial charge in [-0.05, 0) is 55.7 Å². The van der Waals surface area contributed by atoms with Gasteiger partial charge in [0.05, 0.1) is 0 Å². The van der Waals surface area contributed by atoms with Crippen molar-refractivity contribution in [2.24, 2.45) is 0 Å². The SMILES string of the molecule is Cc1cc(C)c2c(c1)C(CCBr)CC2. The Kier molecular flexibility index (Phi) is 2.96. The van der Waals surface area contributed by atoms with Gasteiger partial charge in [-0.3, -0.25) is 0 Å². The van der Waals surface area contributed by atoms with Crippen LogP contribution in [0.3, 0.4) is 0 Å².